The number of Topliss-reactive ketones (excluding diaryl/α,β-unsaturated/α-hetero) is 1. The van der Waals surface area contributed by atoms with Gasteiger partial charge in [0.25, 0.3) is 0 Å². The van der Waals surface area contributed by atoms with Gasteiger partial charge in [-0.15, -0.1) is 0 Å². The van der Waals surface area contributed by atoms with Gasteiger partial charge in [0.1, 0.15) is 17.6 Å². The first-order valence-electron chi connectivity index (χ1n) is 15.2. The third-order valence-electron chi connectivity index (χ3n) is 8.52. The van der Waals surface area contributed by atoms with Crippen molar-refractivity contribution in [3.8, 4) is 11.5 Å². The van der Waals surface area contributed by atoms with Crippen LogP contribution in [0.2, 0.25) is 0 Å². The van der Waals surface area contributed by atoms with Gasteiger partial charge in [0.15, 0.2) is 5.78 Å². The largest absolute Gasteiger partial charge is 0.496 e. The van der Waals surface area contributed by atoms with E-state index in [0.29, 0.717) is 11.3 Å². The van der Waals surface area contributed by atoms with Crippen molar-refractivity contribution in [2.75, 3.05) is 20.3 Å². The van der Waals surface area contributed by atoms with Crippen LogP contribution in [0.25, 0.3) is 16.8 Å². The number of carbonyl (C=O) groups excluding carboxylic acids is 1. The summed E-state index contributed by atoms with van der Waals surface area (Å²) < 4.78 is 17.5. The van der Waals surface area contributed by atoms with E-state index < -0.39 is 0 Å². The molecule has 0 radical (unpaired) electrons. The number of carbonyl (C=O) groups is 1. The smallest absolute Gasteiger partial charge is 0.159 e. The van der Waals surface area contributed by atoms with Gasteiger partial charge in [-0.2, -0.15) is 0 Å². The molecule has 1 saturated heterocycles. The van der Waals surface area contributed by atoms with Gasteiger partial charge < -0.3 is 19.5 Å². The summed E-state index contributed by atoms with van der Waals surface area (Å²) in [7, 11) is 1.65. The highest BCUT2D eigenvalue weighted by Gasteiger charge is 2.25. The second-order valence-corrected chi connectivity index (χ2v) is 11.7. The highest BCUT2D eigenvalue weighted by atomic mass is 16.5. The molecule has 1 N–H and O–H groups in total. The number of nitrogens with one attached hydrogen (secondary N) is 1. The van der Waals surface area contributed by atoms with E-state index in [0.717, 1.165) is 72.1 Å². The quantitative estimate of drug-likeness (QED) is 0.229. The zero-order valence-electron chi connectivity index (χ0n) is 25.4. The van der Waals surface area contributed by atoms with Crippen LogP contribution in [0.15, 0.2) is 78.6 Å². The molecule has 6 rings (SSSR count). The van der Waals surface area contributed by atoms with E-state index in [1.54, 1.807) is 14.0 Å². The maximum atomic E-state index is 11.9. The number of ether oxygens (including phenoxy) is 3. The minimum absolute atomic E-state index is 0. The molecule has 5 nitrogen and oxygen atoms in total. The molecule has 4 aliphatic rings. The molecule has 0 aromatic heterocycles. The predicted octanol–water partition coefficient (Wildman–Crippen LogP) is 10.1. The minimum Gasteiger partial charge on any atom is -0.496 e. The zero-order valence-corrected chi connectivity index (χ0v) is 25.4. The fraction of sp³-hybridized carbons (Fsp3) is 0.410. The van der Waals surface area contributed by atoms with Gasteiger partial charge in [-0.25, -0.2) is 0 Å². The molecule has 0 spiro atoms. The number of hydrogen-bond acceptors (Lipinski definition) is 5. The van der Waals surface area contributed by atoms with Gasteiger partial charge in [0.05, 0.1) is 26.0 Å². The van der Waals surface area contributed by atoms with E-state index >= 15 is 0 Å². The molecule has 5 heteroatoms. The number of allylic oxidation sites excluding steroid dienone is 7. The lowest BCUT2D eigenvalue weighted by Crippen LogP contribution is -2.26. The van der Waals surface area contributed by atoms with Gasteiger partial charge >= 0.3 is 0 Å². The molecule has 1 saturated carbocycles. The van der Waals surface area contributed by atoms with Crippen LogP contribution in [0.3, 0.4) is 0 Å². The van der Waals surface area contributed by atoms with Crippen LogP contribution < -0.4 is 14.8 Å². The average molecular weight is 600 g/mol. The molecule has 238 valence electrons. The maximum Gasteiger partial charge on any atom is 0.159 e. The monoisotopic (exact) mass is 599 g/mol. The van der Waals surface area contributed by atoms with Gasteiger partial charge in [0.2, 0.25) is 0 Å². The Hall–Kier alpha value is -3.83. The number of benzene rings is 2. The van der Waals surface area contributed by atoms with E-state index in [-0.39, 0.29) is 28.2 Å². The van der Waals surface area contributed by atoms with Gasteiger partial charge in [-0.05, 0) is 72.2 Å². The van der Waals surface area contributed by atoms with E-state index in [1.807, 2.05) is 30.5 Å². The molecule has 44 heavy (non-hydrogen) atoms. The van der Waals surface area contributed by atoms with Crippen molar-refractivity contribution in [3.05, 3.63) is 101 Å². The van der Waals surface area contributed by atoms with E-state index in [2.05, 4.69) is 56.1 Å². The fourth-order valence-electron chi connectivity index (χ4n) is 5.66. The van der Waals surface area contributed by atoms with Crippen LogP contribution in [-0.2, 0) is 4.74 Å². The molecule has 2 aromatic carbocycles. The third kappa shape index (κ3) is 8.21. The molecule has 0 atom stereocenters. The van der Waals surface area contributed by atoms with Crippen LogP contribution in [0.4, 0.5) is 0 Å². The van der Waals surface area contributed by atoms with Crippen LogP contribution in [0.1, 0.15) is 103 Å². The van der Waals surface area contributed by atoms with Crippen molar-refractivity contribution >= 4 is 22.6 Å². The van der Waals surface area contributed by atoms with Gasteiger partial charge in [-0.1, -0.05) is 84.0 Å². The molecule has 0 unspecified atom stereocenters. The van der Waals surface area contributed by atoms with Crippen LogP contribution in [-0.4, -0.2) is 32.2 Å². The summed E-state index contributed by atoms with van der Waals surface area (Å²) in [6, 6.07) is 12.1. The summed E-state index contributed by atoms with van der Waals surface area (Å²) in [6.07, 6.45) is 15.4. The highest BCUT2D eigenvalue weighted by molar-refractivity contribution is 5.96. The van der Waals surface area contributed by atoms with Crippen molar-refractivity contribution in [2.24, 2.45) is 5.92 Å². The fourth-order valence-corrected chi connectivity index (χ4v) is 5.66. The summed E-state index contributed by atoms with van der Waals surface area (Å²) in [6.45, 7) is 11.5. The van der Waals surface area contributed by atoms with Crippen molar-refractivity contribution < 1.29 is 20.4 Å². The normalized spacial score (nSPS) is 17.8. The number of methoxy groups -OCH3 is 1. The van der Waals surface area contributed by atoms with E-state index in [9.17, 15) is 4.79 Å². The lowest BCUT2D eigenvalue weighted by molar-refractivity contribution is 0.0254. The maximum absolute atomic E-state index is 11.9. The predicted molar refractivity (Wildman–Crippen MR) is 187 cm³/mol. The summed E-state index contributed by atoms with van der Waals surface area (Å²) >= 11 is 0. The topological polar surface area (TPSA) is 66.7 Å². The molecule has 2 aliphatic heterocycles. The van der Waals surface area contributed by atoms with E-state index in [4.69, 9.17) is 14.2 Å². The molecule has 2 heterocycles. The lowest BCUT2D eigenvalue weighted by Gasteiger charge is -2.24. The van der Waals surface area contributed by atoms with Crippen molar-refractivity contribution in [1.29, 1.82) is 0 Å². The van der Waals surface area contributed by atoms with Crippen LogP contribution in [0.5, 0.6) is 11.5 Å². The zero-order chi connectivity index (χ0) is 29.6. The first-order valence-corrected chi connectivity index (χ1v) is 15.2. The molecule has 2 aromatic rings. The van der Waals surface area contributed by atoms with Crippen molar-refractivity contribution in [2.45, 2.75) is 80.3 Å². The summed E-state index contributed by atoms with van der Waals surface area (Å²) in [5, 5.41) is 3.25. The van der Waals surface area contributed by atoms with Gasteiger partial charge in [0, 0.05) is 37.2 Å². The van der Waals surface area contributed by atoms with E-state index in [1.165, 1.54) is 36.0 Å². The van der Waals surface area contributed by atoms with Crippen LogP contribution in [0, 0.1) is 5.92 Å². The molecule has 0 bridgehead atoms. The lowest BCUT2D eigenvalue weighted by atomic mass is 9.88. The molecule has 2 aliphatic carbocycles. The Bertz CT molecular complexity index is 1470. The Morgan fingerprint density at radius 3 is 2.27 bits per heavy atom. The number of rotatable bonds is 9. The Morgan fingerprint density at radius 1 is 1.02 bits per heavy atom. The molecular formula is C39H53NO4. The average Bonchev–Trinajstić information content (AvgIpc) is 3.77. The highest BCUT2D eigenvalue weighted by Crippen LogP contribution is 2.43. The second kappa shape index (κ2) is 15.8. The number of hydrogen-bond donors (Lipinski definition) is 1. The van der Waals surface area contributed by atoms with Crippen molar-refractivity contribution in [1.82, 2.24) is 5.32 Å². The summed E-state index contributed by atoms with van der Waals surface area (Å²) in [5.74, 6) is 2.70. The standard InChI is InChI=1S/C32H33NO4.C5H10.2CH4.H2/c1-5-6-26(23-8-10-31(29(16-23)30-19-33-30)37-25-11-13-36-14-12-25)28-17-24(15-20(28)2)27-9-7-22(21(3)34)18-32(27)35-4;1-5-3-2-4-5;;;/h5-10,15-16,18-19,25,33H,1,11-14,17H2,2-4H3;5H,2-4H2,1H3;2*1H4;1H/b26-6-;;;;. The summed E-state index contributed by atoms with van der Waals surface area (Å²) in [4.78, 5) is 11.9. The van der Waals surface area contributed by atoms with Crippen molar-refractivity contribution in [3.63, 3.8) is 0 Å². The molecular weight excluding hydrogens is 546 g/mol. The first-order chi connectivity index (χ1) is 20.4. The number of ketones is 1. The Morgan fingerprint density at radius 2 is 1.70 bits per heavy atom. The minimum atomic E-state index is 0. The first kappa shape index (κ1) is 34.7. The Kier molecular flexibility index (Phi) is 12.4. The van der Waals surface area contributed by atoms with Crippen LogP contribution >= 0.6 is 0 Å². The second-order valence-electron chi connectivity index (χ2n) is 11.7. The molecule has 0 amide bonds. The van der Waals surface area contributed by atoms with Gasteiger partial charge in [-0.3, -0.25) is 4.79 Å². The Balaban J connectivity index is 0.000000805. The Labute approximate surface area is 266 Å². The SMILES string of the molecule is C.C.C=C/C=C(\C1=C(C)C=C(c2ccc(C(C)=O)cc2OC)C1)c1ccc(OC2CCOCC2)c(C2=CN2)c1.CC1CCC1.[HH]. The summed E-state index contributed by atoms with van der Waals surface area (Å²) in [5.41, 5.74) is 9.69. The third-order valence-corrected chi connectivity index (χ3v) is 8.52. The molecule has 2 fully saturated rings.